The molecule has 0 radical (unpaired) electrons. The van der Waals surface area contributed by atoms with Gasteiger partial charge in [-0.15, -0.1) is 0 Å². The van der Waals surface area contributed by atoms with Crippen molar-refractivity contribution < 1.29 is 8.42 Å². The molecule has 1 fully saturated rings. The molecule has 0 aromatic heterocycles. The fraction of sp³-hybridized carbons (Fsp3) is 0.938. The van der Waals surface area contributed by atoms with E-state index in [2.05, 4.69) is 26.8 Å². The molecule has 0 aliphatic heterocycles. The molecule has 0 saturated heterocycles. The Kier molecular flexibility index (Phi) is 5.66. The molecule has 116 valence electrons. The van der Waals surface area contributed by atoms with Crippen molar-refractivity contribution in [2.75, 3.05) is 11.5 Å². The van der Waals surface area contributed by atoms with Crippen LogP contribution in [0, 0.1) is 28.1 Å². The van der Waals surface area contributed by atoms with Crippen LogP contribution in [0.25, 0.3) is 0 Å². The summed E-state index contributed by atoms with van der Waals surface area (Å²) in [6.45, 7) is 8.49. The van der Waals surface area contributed by atoms with Crippen LogP contribution in [0.4, 0.5) is 0 Å². The van der Waals surface area contributed by atoms with E-state index in [-0.39, 0.29) is 16.9 Å². The molecule has 0 amide bonds. The Balaban J connectivity index is 2.54. The van der Waals surface area contributed by atoms with Crippen LogP contribution in [-0.4, -0.2) is 19.9 Å². The van der Waals surface area contributed by atoms with Gasteiger partial charge in [-0.25, -0.2) is 8.42 Å². The second-order valence-corrected chi connectivity index (χ2v) is 9.85. The zero-order chi connectivity index (χ0) is 15.4. The monoisotopic (exact) mass is 299 g/mol. The summed E-state index contributed by atoms with van der Waals surface area (Å²) in [5, 5.41) is 9.52. The number of nitrogens with zero attached hydrogens (tertiary/aromatic N) is 1. The van der Waals surface area contributed by atoms with Crippen LogP contribution >= 0.6 is 0 Å². The van der Waals surface area contributed by atoms with Gasteiger partial charge < -0.3 is 0 Å². The van der Waals surface area contributed by atoms with Crippen LogP contribution in [0.1, 0.15) is 66.2 Å². The molecule has 0 bridgehead atoms. The molecule has 1 aliphatic rings. The van der Waals surface area contributed by atoms with Gasteiger partial charge >= 0.3 is 0 Å². The van der Waals surface area contributed by atoms with Gasteiger partial charge in [-0.05, 0) is 49.9 Å². The van der Waals surface area contributed by atoms with Gasteiger partial charge in [0.15, 0.2) is 0 Å². The van der Waals surface area contributed by atoms with E-state index in [9.17, 15) is 13.7 Å². The molecule has 4 heteroatoms. The third-order valence-corrected chi connectivity index (χ3v) is 6.75. The maximum Gasteiger partial charge on any atom is 0.150 e. The van der Waals surface area contributed by atoms with E-state index >= 15 is 0 Å². The summed E-state index contributed by atoms with van der Waals surface area (Å²) >= 11 is 0. The molecule has 1 saturated carbocycles. The quantitative estimate of drug-likeness (QED) is 0.772. The smallest absolute Gasteiger partial charge is 0.150 e. The van der Waals surface area contributed by atoms with Gasteiger partial charge in [0, 0.05) is 5.75 Å². The van der Waals surface area contributed by atoms with Crippen molar-refractivity contribution in [1.82, 2.24) is 0 Å². The van der Waals surface area contributed by atoms with E-state index in [4.69, 9.17) is 0 Å². The molecule has 0 N–H and O–H groups in total. The highest BCUT2D eigenvalue weighted by molar-refractivity contribution is 7.91. The van der Waals surface area contributed by atoms with Gasteiger partial charge in [0.25, 0.3) is 0 Å². The van der Waals surface area contributed by atoms with Crippen molar-refractivity contribution in [1.29, 1.82) is 5.26 Å². The largest absolute Gasteiger partial charge is 0.229 e. The maximum atomic E-state index is 11.5. The molecule has 0 atom stereocenters. The molecular formula is C16H29NO2S. The van der Waals surface area contributed by atoms with Crippen LogP contribution < -0.4 is 0 Å². The highest BCUT2D eigenvalue weighted by Crippen LogP contribution is 2.47. The van der Waals surface area contributed by atoms with Crippen LogP contribution in [0.3, 0.4) is 0 Å². The zero-order valence-corrected chi connectivity index (χ0v) is 14.2. The van der Waals surface area contributed by atoms with E-state index in [0.717, 1.165) is 32.1 Å². The summed E-state index contributed by atoms with van der Waals surface area (Å²) in [5.74, 6) is 1.12. The third kappa shape index (κ3) is 4.77. The minimum absolute atomic E-state index is 0.207. The molecule has 0 unspecified atom stereocenters. The number of sulfone groups is 1. The van der Waals surface area contributed by atoms with Gasteiger partial charge in [-0.1, -0.05) is 27.7 Å². The van der Waals surface area contributed by atoms with Crippen LogP contribution in [-0.2, 0) is 9.84 Å². The van der Waals surface area contributed by atoms with Crippen LogP contribution in [0.2, 0.25) is 0 Å². The second-order valence-electron chi connectivity index (χ2n) is 7.37. The Bertz CT molecular complexity index is 446. The van der Waals surface area contributed by atoms with Crippen molar-refractivity contribution in [3.8, 4) is 6.07 Å². The van der Waals surface area contributed by atoms with Crippen molar-refractivity contribution in [2.45, 2.75) is 66.2 Å². The number of nitriles is 1. The Labute approximate surface area is 124 Å². The third-order valence-electron chi connectivity index (χ3n) is 4.96. The van der Waals surface area contributed by atoms with Gasteiger partial charge in [0.05, 0.1) is 17.2 Å². The molecule has 3 nitrogen and oxygen atoms in total. The standard InChI is InChI=1S/C16H29NO2S/c1-5-20(18,19)12-6-9-16(13-17)10-7-14(8-11-16)15(2,3)4/h14H,5-12H2,1-4H3. The first kappa shape index (κ1) is 17.5. The molecule has 20 heavy (non-hydrogen) atoms. The van der Waals surface area contributed by atoms with Crippen molar-refractivity contribution in [3.05, 3.63) is 0 Å². The summed E-state index contributed by atoms with van der Waals surface area (Å²) in [6, 6.07) is 2.50. The lowest BCUT2D eigenvalue weighted by atomic mass is 9.63. The Morgan fingerprint density at radius 1 is 1.25 bits per heavy atom. The van der Waals surface area contributed by atoms with Crippen molar-refractivity contribution in [3.63, 3.8) is 0 Å². The van der Waals surface area contributed by atoms with Crippen molar-refractivity contribution >= 4 is 9.84 Å². The van der Waals surface area contributed by atoms with E-state index in [0.29, 0.717) is 17.8 Å². The first-order valence-electron chi connectivity index (χ1n) is 7.76. The Morgan fingerprint density at radius 3 is 2.20 bits per heavy atom. The molecule has 0 aromatic rings. The normalized spacial score (nSPS) is 28.1. The second kappa shape index (κ2) is 6.47. The SMILES string of the molecule is CCS(=O)(=O)CCCC1(C#N)CCC(C(C)(C)C)CC1. The molecule has 1 rings (SSSR count). The van der Waals surface area contributed by atoms with E-state index in [1.165, 1.54) is 0 Å². The average Bonchev–Trinajstić information content (AvgIpc) is 2.38. The maximum absolute atomic E-state index is 11.5. The number of hydrogen-bond donors (Lipinski definition) is 0. The summed E-state index contributed by atoms with van der Waals surface area (Å²) in [5.41, 5.74) is 0.0399. The molecule has 0 aromatic carbocycles. The summed E-state index contributed by atoms with van der Waals surface area (Å²) in [7, 11) is -2.90. The molecule has 0 spiro atoms. The van der Waals surface area contributed by atoms with Gasteiger partial charge in [0.2, 0.25) is 0 Å². The Hall–Kier alpha value is -0.560. The minimum atomic E-state index is -2.90. The molecule has 1 aliphatic carbocycles. The zero-order valence-electron chi connectivity index (χ0n) is 13.4. The molecular weight excluding hydrogens is 270 g/mol. The summed E-state index contributed by atoms with van der Waals surface area (Å²) in [4.78, 5) is 0. The molecule has 0 heterocycles. The van der Waals surface area contributed by atoms with Gasteiger partial charge in [0.1, 0.15) is 9.84 Å². The highest BCUT2D eigenvalue weighted by Gasteiger charge is 2.38. The lowest BCUT2D eigenvalue weighted by Crippen LogP contribution is -2.32. The fourth-order valence-electron chi connectivity index (χ4n) is 3.23. The minimum Gasteiger partial charge on any atom is -0.229 e. The predicted molar refractivity (Wildman–Crippen MR) is 83.0 cm³/mol. The van der Waals surface area contributed by atoms with Crippen LogP contribution in [0.15, 0.2) is 0 Å². The predicted octanol–water partition coefficient (Wildman–Crippen LogP) is 3.95. The average molecular weight is 299 g/mol. The first-order valence-corrected chi connectivity index (χ1v) is 9.58. The number of rotatable bonds is 5. The topological polar surface area (TPSA) is 57.9 Å². The lowest BCUT2D eigenvalue weighted by Gasteiger charge is -2.40. The fourth-order valence-corrected chi connectivity index (χ4v) is 4.10. The van der Waals surface area contributed by atoms with Gasteiger partial charge in [-0.2, -0.15) is 5.26 Å². The summed E-state index contributed by atoms with van der Waals surface area (Å²) in [6.07, 6.45) is 5.41. The van der Waals surface area contributed by atoms with Crippen LogP contribution in [0.5, 0.6) is 0 Å². The van der Waals surface area contributed by atoms with E-state index in [1.54, 1.807) is 6.92 Å². The van der Waals surface area contributed by atoms with Crippen molar-refractivity contribution in [2.24, 2.45) is 16.7 Å². The van der Waals surface area contributed by atoms with E-state index in [1.807, 2.05) is 0 Å². The first-order chi connectivity index (χ1) is 9.14. The summed E-state index contributed by atoms with van der Waals surface area (Å²) < 4.78 is 23.1. The van der Waals surface area contributed by atoms with Gasteiger partial charge in [-0.3, -0.25) is 0 Å². The van der Waals surface area contributed by atoms with E-state index < -0.39 is 9.84 Å². The Morgan fingerprint density at radius 2 is 1.80 bits per heavy atom. The highest BCUT2D eigenvalue weighted by atomic mass is 32.2. The number of hydrogen-bond acceptors (Lipinski definition) is 3. The lowest BCUT2D eigenvalue weighted by molar-refractivity contribution is 0.115.